The molecule has 0 atom stereocenters. The van der Waals surface area contributed by atoms with E-state index in [4.69, 9.17) is 29.9 Å². The van der Waals surface area contributed by atoms with Gasteiger partial charge in [0.2, 0.25) is 0 Å². The average molecular weight is 1060 g/mol. The highest BCUT2D eigenvalue weighted by Gasteiger charge is 2.50. The third-order valence-corrected chi connectivity index (χ3v) is 15.8. The monoisotopic (exact) mass is 1060 g/mol. The van der Waals surface area contributed by atoms with Crippen LogP contribution in [0.3, 0.4) is 0 Å². The van der Waals surface area contributed by atoms with Crippen molar-refractivity contribution in [2.24, 2.45) is 15.0 Å². The zero-order valence-corrected chi connectivity index (χ0v) is 49.6. The molecule has 0 aliphatic heterocycles. The van der Waals surface area contributed by atoms with Crippen molar-refractivity contribution in [3.8, 4) is 33.8 Å². The molecular weight excluding hydrogens is 985 g/mol. The first kappa shape index (κ1) is 56.1. The van der Waals surface area contributed by atoms with Gasteiger partial charge in [-0.3, -0.25) is 29.9 Å². The highest BCUT2D eigenvalue weighted by atomic mass is 15.0. The van der Waals surface area contributed by atoms with Gasteiger partial charge in [-0.15, -0.1) is 0 Å². The smallest absolute Gasteiger partial charge is 0.0741 e. The predicted octanol–water partition coefficient (Wildman–Crippen LogP) is 18.1. The number of nitrogens with zero attached hydrogens (tertiary/aromatic N) is 6. The zero-order valence-electron chi connectivity index (χ0n) is 49.6. The number of aromatic nitrogens is 3. The van der Waals surface area contributed by atoms with Crippen molar-refractivity contribution in [1.82, 2.24) is 15.0 Å². The minimum Gasteiger partial charge on any atom is -0.278 e. The lowest BCUT2D eigenvalue weighted by Crippen LogP contribution is -2.52. The largest absolute Gasteiger partial charge is 0.278 e. The van der Waals surface area contributed by atoms with E-state index in [1.165, 1.54) is 16.7 Å². The lowest BCUT2D eigenvalue weighted by Gasteiger charge is -2.49. The van der Waals surface area contributed by atoms with E-state index in [2.05, 4.69) is 265 Å². The summed E-state index contributed by atoms with van der Waals surface area (Å²) in [7, 11) is 0. The summed E-state index contributed by atoms with van der Waals surface area (Å²) >= 11 is 0. The average Bonchev–Trinajstić information content (AvgIpc) is 3.53. The number of benzene rings is 6. The highest BCUT2D eigenvalue weighted by Crippen LogP contribution is 2.48. The fraction of sp³-hybridized carbons (Fsp3) is 0.280. The topological polar surface area (TPSA) is 75.8 Å². The van der Waals surface area contributed by atoms with Crippen molar-refractivity contribution >= 4 is 17.1 Å². The minimum atomic E-state index is -0.696. The Bertz CT molecular complexity index is 3270. The van der Waals surface area contributed by atoms with Crippen molar-refractivity contribution in [3.63, 3.8) is 0 Å². The number of hydrogen-bond donors (Lipinski definition) is 0. The van der Waals surface area contributed by atoms with Crippen LogP contribution in [-0.2, 0) is 16.2 Å². The fourth-order valence-electron chi connectivity index (χ4n) is 11.9. The maximum absolute atomic E-state index is 6.08. The van der Waals surface area contributed by atoms with Crippen molar-refractivity contribution in [2.75, 3.05) is 0 Å². The molecule has 81 heavy (non-hydrogen) atoms. The summed E-state index contributed by atoms with van der Waals surface area (Å²) in [5.74, 6) is 0. The van der Waals surface area contributed by atoms with Crippen LogP contribution >= 0.6 is 0 Å². The Hall–Kier alpha value is -8.22. The van der Waals surface area contributed by atoms with Crippen LogP contribution in [0.5, 0.6) is 0 Å². The first-order chi connectivity index (χ1) is 38.5. The molecule has 0 N–H and O–H groups in total. The summed E-state index contributed by atoms with van der Waals surface area (Å²) in [5, 5.41) is 0. The Morgan fingerprint density at radius 3 is 0.716 bits per heavy atom. The first-order valence-corrected chi connectivity index (χ1v) is 28.7. The minimum absolute atomic E-state index is 0.0198. The van der Waals surface area contributed by atoms with Gasteiger partial charge >= 0.3 is 0 Å². The summed E-state index contributed by atoms with van der Waals surface area (Å²) in [5.41, 5.74) is 16.2. The molecule has 6 nitrogen and oxygen atoms in total. The maximum Gasteiger partial charge on any atom is 0.0741 e. The molecular formula is C75H78N6. The van der Waals surface area contributed by atoms with Crippen LogP contribution < -0.4 is 0 Å². The summed E-state index contributed by atoms with van der Waals surface area (Å²) in [6, 6.07) is 71.0. The lowest BCUT2D eigenvalue weighted by atomic mass is 9.65. The Morgan fingerprint density at radius 1 is 0.296 bits per heavy atom. The van der Waals surface area contributed by atoms with Crippen LogP contribution in [0, 0.1) is 0 Å². The SMILES string of the molecule is CC1(/N=C(/c2ccc(C(C)(C)C)cc2)c2ccc(-c3ccccc3)nc2)CC(C)(/N=C(/c2ccc(C(C)(C)C)cc2)c2ccc(-c3ccccc3)nc2)CC(C)(/N=C(/c2ccc(C(C)(C)C)cc2)c2ccc(-c3ccccc3)nc2)C1. The van der Waals surface area contributed by atoms with Gasteiger partial charge in [-0.25, -0.2) is 0 Å². The second-order valence-electron chi connectivity index (χ2n) is 26.3. The van der Waals surface area contributed by atoms with Gasteiger partial charge in [0.25, 0.3) is 0 Å². The second-order valence-corrected chi connectivity index (χ2v) is 26.3. The van der Waals surface area contributed by atoms with E-state index in [1.54, 1.807) is 0 Å². The molecule has 6 heteroatoms. The summed E-state index contributed by atoms with van der Waals surface area (Å²) in [6.07, 6.45) is 7.93. The molecule has 0 bridgehead atoms. The van der Waals surface area contributed by atoms with E-state index in [9.17, 15) is 0 Å². The summed E-state index contributed by atoms with van der Waals surface area (Å²) in [4.78, 5) is 33.5. The van der Waals surface area contributed by atoms with E-state index >= 15 is 0 Å². The van der Waals surface area contributed by atoms with Gasteiger partial charge in [0.05, 0.1) is 50.8 Å². The molecule has 0 amide bonds. The van der Waals surface area contributed by atoms with Gasteiger partial charge < -0.3 is 0 Å². The number of aliphatic imine (C=N–C) groups is 3. The Balaban J connectivity index is 1.19. The van der Waals surface area contributed by atoms with Crippen LogP contribution in [0.2, 0.25) is 0 Å². The molecule has 0 unspecified atom stereocenters. The van der Waals surface area contributed by atoms with Crippen LogP contribution in [0.4, 0.5) is 0 Å². The molecule has 9 aromatic rings. The third kappa shape index (κ3) is 13.2. The van der Waals surface area contributed by atoms with E-state index in [-0.39, 0.29) is 16.2 Å². The van der Waals surface area contributed by atoms with Crippen LogP contribution in [0.25, 0.3) is 33.8 Å². The van der Waals surface area contributed by atoms with Gasteiger partial charge in [0.15, 0.2) is 0 Å². The molecule has 0 saturated heterocycles. The number of pyridine rings is 3. The van der Waals surface area contributed by atoms with Crippen LogP contribution in [0.1, 0.15) is 152 Å². The fourth-order valence-corrected chi connectivity index (χ4v) is 11.9. The molecule has 6 aromatic carbocycles. The molecule has 1 aliphatic rings. The summed E-state index contributed by atoms with van der Waals surface area (Å²) in [6.45, 7) is 27.3. The molecule has 0 spiro atoms. The summed E-state index contributed by atoms with van der Waals surface area (Å²) < 4.78 is 0. The Morgan fingerprint density at radius 2 is 0.519 bits per heavy atom. The van der Waals surface area contributed by atoms with Crippen molar-refractivity contribution < 1.29 is 0 Å². The Labute approximate surface area is 482 Å². The molecule has 0 radical (unpaired) electrons. The molecule has 1 saturated carbocycles. The molecule has 3 aromatic heterocycles. The van der Waals surface area contributed by atoms with Crippen LogP contribution in [-0.4, -0.2) is 48.7 Å². The lowest BCUT2D eigenvalue weighted by molar-refractivity contribution is 0.149. The first-order valence-electron chi connectivity index (χ1n) is 28.7. The normalized spacial score (nSPS) is 19.3. The maximum atomic E-state index is 6.08. The van der Waals surface area contributed by atoms with E-state index < -0.39 is 16.6 Å². The molecule has 408 valence electrons. The van der Waals surface area contributed by atoms with Crippen LogP contribution in [0.15, 0.2) is 234 Å². The van der Waals surface area contributed by atoms with E-state index in [0.29, 0.717) is 19.3 Å². The van der Waals surface area contributed by atoms with E-state index in [1.807, 2.05) is 36.8 Å². The van der Waals surface area contributed by atoms with Gasteiger partial charge in [0, 0.05) is 68.7 Å². The molecule has 10 rings (SSSR count). The van der Waals surface area contributed by atoms with Gasteiger partial charge in [-0.05, 0) is 109 Å². The highest BCUT2D eigenvalue weighted by molar-refractivity contribution is 6.14. The number of rotatable bonds is 12. The van der Waals surface area contributed by atoms with Gasteiger partial charge in [-0.1, -0.05) is 226 Å². The number of hydrogen-bond acceptors (Lipinski definition) is 6. The van der Waals surface area contributed by atoms with E-state index in [0.717, 1.165) is 84.3 Å². The van der Waals surface area contributed by atoms with Gasteiger partial charge in [0.1, 0.15) is 0 Å². The molecule has 3 heterocycles. The van der Waals surface area contributed by atoms with Crippen molar-refractivity contribution in [3.05, 3.63) is 269 Å². The molecule has 1 aliphatic carbocycles. The second kappa shape index (κ2) is 22.4. The molecule has 1 fully saturated rings. The van der Waals surface area contributed by atoms with Crippen molar-refractivity contribution in [2.45, 2.75) is 135 Å². The van der Waals surface area contributed by atoms with Crippen molar-refractivity contribution in [1.29, 1.82) is 0 Å². The zero-order chi connectivity index (χ0) is 57.2. The third-order valence-electron chi connectivity index (χ3n) is 15.8. The van der Waals surface area contributed by atoms with Gasteiger partial charge in [-0.2, -0.15) is 0 Å². The quantitative estimate of drug-likeness (QED) is 0.114. The predicted molar refractivity (Wildman–Crippen MR) is 340 cm³/mol. The Kier molecular flexibility index (Phi) is 15.5. The standard InChI is InChI=1S/C75H78N6/c1-70(2,3)61-37-28-55(29-38-61)67(58-34-43-64(76-46-58)52-22-16-13-17-23-52)79-73(10)49-74(11,80-68(56-30-39-62(40-31-56)71(4,5)6)59-35-44-65(77-47-59)53-24-18-14-19-25-53)51-75(12,50-73)81-69(57-32-41-63(42-33-57)72(7,8)9)60-36-45-66(78-48-60)54-26-20-15-21-27-54/h13-48H,49-51H2,1-12H3/b79-67-,80-68-,81-69-.